The Balaban J connectivity index is 1.78. The van der Waals surface area contributed by atoms with Gasteiger partial charge in [-0.3, -0.25) is 4.79 Å². The summed E-state index contributed by atoms with van der Waals surface area (Å²) in [7, 11) is 1.66. The first-order valence-electron chi connectivity index (χ1n) is 11.3. The van der Waals surface area contributed by atoms with E-state index >= 15 is 0 Å². The highest BCUT2D eigenvalue weighted by Gasteiger charge is 2.12. The first-order valence-corrected chi connectivity index (χ1v) is 11.3. The van der Waals surface area contributed by atoms with Crippen LogP contribution in [-0.2, 0) is 11.4 Å². The molecule has 0 aromatic heterocycles. The fraction of sp³-hybridized carbons (Fsp3) is 0.321. The maximum atomic E-state index is 11.0. The minimum absolute atomic E-state index is 0.0771. The molecule has 0 saturated carbocycles. The van der Waals surface area contributed by atoms with Crippen LogP contribution < -0.4 is 14.2 Å². The Morgan fingerprint density at radius 3 is 2.52 bits per heavy atom. The van der Waals surface area contributed by atoms with Crippen LogP contribution in [0, 0.1) is 0 Å². The molecule has 3 rings (SSSR count). The van der Waals surface area contributed by atoms with E-state index in [0.29, 0.717) is 13.2 Å². The Labute approximate surface area is 195 Å². The van der Waals surface area contributed by atoms with Crippen LogP contribution in [0.3, 0.4) is 0 Å². The molecule has 0 fully saturated rings. The first-order chi connectivity index (χ1) is 16.0. The van der Waals surface area contributed by atoms with E-state index in [1.165, 1.54) is 0 Å². The van der Waals surface area contributed by atoms with E-state index in [-0.39, 0.29) is 12.3 Å². The number of rotatable bonds is 12. The van der Waals surface area contributed by atoms with Crippen LogP contribution >= 0.6 is 0 Å². The van der Waals surface area contributed by atoms with Gasteiger partial charge in [0.1, 0.15) is 23.9 Å². The Morgan fingerprint density at radius 2 is 1.76 bits per heavy atom. The molecule has 174 valence electrons. The molecule has 0 aliphatic carbocycles. The van der Waals surface area contributed by atoms with Gasteiger partial charge in [0.15, 0.2) is 0 Å². The van der Waals surface area contributed by atoms with Gasteiger partial charge in [-0.1, -0.05) is 56.7 Å². The van der Waals surface area contributed by atoms with Crippen molar-refractivity contribution >= 4 is 5.97 Å². The van der Waals surface area contributed by atoms with Gasteiger partial charge >= 0.3 is 5.97 Å². The van der Waals surface area contributed by atoms with E-state index in [2.05, 4.69) is 13.0 Å². The number of unbranched alkanes of at least 4 members (excludes halogenated alkanes) is 1. The van der Waals surface area contributed by atoms with Gasteiger partial charge in [0.25, 0.3) is 0 Å². The van der Waals surface area contributed by atoms with E-state index in [4.69, 9.17) is 19.3 Å². The molecule has 1 N–H and O–H groups in total. The van der Waals surface area contributed by atoms with Crippen molar-refractivity contribution in [2.24, 2.45) is 0 Å². The lowest BCUT2D eigenvalue weighted by Gasteiger charge is -2.15. The van der Waals surface area contributed by atoms with E-state index in [1.54, 1.807) is 7.11 Å². The van der Waals surface area contributed by atoms with Gasteiger partial charge < -0.3 is 19.3 Å². The van der Waals surface area contributed by atoms with E-state index < -0.39 is 5.97 Å². The summed E-state index contributed by atoms with van der Waals surface area (Å²) in [6, 6.07) is 21.7. The van der Waals surface area contributed by atoms with Gasteiger partial charge in [0, 0.05) is 5.56 Å². The Morgan fingerprint density at radius 1 is 0.970 bits per heavy atom. The van der Waals surface area contributed by atoms with E-state index in [0.717, 1.165) is 52.3 Å². The molecule has 0 saturated heterocycles. The third-order valence-electron chi connectivity index (χ3n) is 5.50. The lowest BCUT2D eigenvalue weighted by Crippen LogP contribution is -2.03. The number of carboxylic acids is 1. The fourth-order valence-electron chi connectivity index (χ4n) is 3.59. The van der Waals surface area contributed by atoms with Gasteiger partial charge in [-0.2, -0.15) is 0 Å². The van der Waals surface area contributed by atoms with Gasteiger partial charge in [-0.05, 0) is 59.4 Å². The highest BCUT2D eigenvalue weighted by atomic mass is 16.5. The van der Waals surface area contributed by atoms with Crippen LogP contribution in [0.15, 0.2) is 66.7 Å². The normalized spacial score (nSPS) is 11.6. The van der Waals surface area contributed by atoms with Crippen LogP contribution in [0.1, 0.15) is 50.2 Å². The summed E-state index contributed by atoms with van der Waals surface area (Å²) in [5, 5.41) is 9.05. The third-order valence-corrected chi connectivity index (χ3v) is 5.50. The fourth-order valence-corrected chi connectivity index (χ4v) is 3.59. The van der Waals surface area contributed by atoms with Crippen LogP contribution in [0.25, 0.3) is 11.1 Å². The van der Waals surface area contributed by atoms with Crippen LogP contribution in [-0.4, -0.2) is 24.8 Å². The maximum absolute atomic E-state index is 11.0. The minimum Gasteiger partial charge on any atom is -0.497 e. The highest BCUT2D eigenvalue weighted by Crippen LogP contribution is 2.33. The number of carbonyl (C=O) groups is 1. The molecular weight excluding hydrogens is 416 g/mol. The van der Waals surface area contributed by atoms with Crippen molar-refractivity contribution in [3.05, 3.63) is 77.9 Å². The lowest BCUT2D eigenvalue weighted by atomic mass is 9.98. The summed E-state index contributed by atoms with van der Waals surface area (Å²) in [6.45, 7) is 5.09. The predicted molar refractivity (Wildman–Crippen MR) is 130 cm³/mol. The largest absolute Gasteiger partial charge is 0.497 e. The molecule has 0 unspecified atom stereocenters. The molecule has 33 heavy (non-hydrogen) atoms. The zero-order valence-electron chi connectivity index (χ0n) is 19.5. The predicted octanol–water partition coefficient (Wildman–Crippen LogP) is 6.70. The third kappa shape index (κ3) is 7.01. The van der Waals surface area contributed by atoms with Crippen molar-refractivity contribution in [1.29, 1.82) is 0 Å². The van der Waals surface area contributed by atoms with Crippen molar-refractivity contribution in [2.45, 2.75) is 45.6 Å². The Kier molecular flexibility index (Phi) is 8.76. The molecule has 0 aliphatic heterocycles. The molecule has 0 radical (unpaired) electrons. The zero-order chi connectivity index (χ0) is 23.6. The van der Waals surface area contributed by atoms with Crippen molar-refractivity contribution in [1.82, 2.24) is 0 Å². The molecule has 0 heterocycles. The van der Waals surface area contributed by atoms with Gasteiger partial charge in [0.2, 0.25) is 0 Å². The number of hydrogen-bond acceptors (Lipinski definition) is 4. The van der Waals surface area contributed by atoms with E-state index in [1.807, 2.05) is 67.6 Å². The monoisotopic (exact) mass is 448 g/mol. The molecular formula is C28H32O5. The molecule has 0 bridgehead atoms. The molecule has 5 heteroatoms. The van der Waals surface area contributed by atoms with Crippen LogP contribution in [0.5, 0.6) is 17.2 Å². The number of aliphatic carboxylic acids is 1. The van der Waals surface area contributed by atoms with Gasteiger partial charge in [-0.15, -0.1) is 0 Å². The van der Waals surface area contributed by atoms with Gasteiger partial charge in [0.05, 0.1) is 20.1 Å². The molecule has 3 aromatic rings. The Hall–Kier alpha value is -3.47. The SMILES string of the molecule is CCCCOc1cc(COc2cccc([C@@H](C)CC(=O)O)c2)ccc1-c1cccc(OC)c1. The summed E-state index contributed by atoms with van der Waals surface area (Å²) >= 11 is 0. The van der Waals surface area contributed by atoms with Crippen LogP contribution in [0.2, 0.25) is 0 Å². The second kappa shape index (κ2) is 12.0. The van der Waals surface area contributed by atoms with Gasteiger partial charge in [-0.25, -0.2) is 0 Å². The van der Waals surface area contributed by atoms with Crippen LogP contribution in [0.4, 0.5) is 0 Å². The summed E-state index contributed by atoms with van der Waals surface area (Å²) in [6.07, 6.45) is 2.14. The Bertz CT molecular complexity index is 1060. The topological polar surface area (TPSA) is 65.0 Å². The van der Waals surface area contributed by atoms with Crippen molar-refractivity contribution in [3.63, 3.8) is 0 Å². The maximum Gasteiger partial charge on any atom is 0.303 e. The molecule has 3 aromatic carbocycles. The quantitative estimate of drug-likeness (QED) is 0.312. The van der Waals surface area contributed by atoms with Crippen molar-refractivity contribution in [3.8, 4) is 28.4 Å². The number of carboxylic acid groups (broad SMARTS) is 1. The average Bonchev–Trinajstić information content (AvgIpc) is 2.83. The summed E-state index contributed by atoms with van der Waals surface area (Å²) in [5.74, 6) is 1.46. The van der Waals surface area contributed by atoms with Crippen molar-refractivity contribution < 1.29 is 24.1 Å². The second-order valence-electron chi connectivity index (χ2n) is 8.12. The number of ether oxygens (including phenoxy) is 3. The average molecular weight is 449 g/mol. The molecule has 1 atom stereocenters. The molecule has 0 spiro atoms. The summed E-state index contributed by atoms with van der Waals surface area (Å²) < 4.78 is 17.5. The van der Waals surface area contributed by atoms with E-state index in [9.17, 15) is 4.79 Å². The summed E-state index contributed by atoms with van der Waals surface area (Å²) in [4.78, 5) is 11.0. The number of methoxy groups -OCH3 is 1. The number of hydrogen-bond donors (Lipinski definition) is 1. The first kappa shape index (κ1) is 24.2. The number of benzene rings is 3. The second-order valence-corrected chi connectivity index (χ2v) is 8.12. The standard InChI is InChI=1S/C28H32O5/c1-4-5-14-32-27-16-21(12-13-26(27)23-9-7-10-24(18-23)31-3)19-33-25-11-6-8-22(17-25)20(2)15-28(29)30/h6-13,16-18,20H,4-5,14-15,19H2,1-3H3,(H,29,30)/t20-/m0/s1. The lowest BCUT2D eigenvalue weighted by molar-refractivity contribution is -0.137. The highest BCUT2D eigenvalue weighted by molar-refractivity contribution is 5.72. The molecule has 0 amide bonds. The molecule has 5 nitrogen and oxygen atoms in total. The molecule has 0 aliphatic rings. The minimum atomic E-state index is -0.805. The summed E-state index contributed by atoms with van der Waals surface area (Å²) in [5.41, 5.74) is 4.00. The smallest absolute Gasteiger partial charge is 0.303 e. The van der Waals surface area contributed by atoms with Crippen molar-refractivity contribution in [2.75, 3.05) is 13.7 Å². The zero-order valence-corrected chi connectivity index (χ0v) is 19.5.